The summed E-state index contributed by atoms with van der Waals surface area (Å²) in [6.45, 7) is 1.83. The summed E-state index contributed by atoms with van der Waals surface area (Å²) in [5.41, 5.74) is 8.17. The van der Waals surface area contributed by atoms with Gasteiger partial charge in [0.1, 0.15) is 12.1 Å². The van der Waals surface area contributed by atoms with Crippen LogP contribution >= 0.6 is 23.2 Å². The van der Waals surface area contributed by atoms with Crippen molar-refractivity contribution in [2.24, 2.45) is 0 Å². The molecule has 2 heterocycles. The van der Waals surface area contributed by atoms with Gasteiger partial charge in [0.25, 0.3) is 5.78 Å². The van der Waals surface area contributed by atoms with Crippen LogP contribution in [0.5, 0.6) is 0 Å². The third kappa shape index (κ3) is 1.82. The molecular formula is C12H11Cl2N5. The number of hydrogen-bond donors (Lipinski definition) is 1. The van der Waals surface area contributed by atoms with E-state index >= 15 is 0 Å². The summed E-state index contributed by atoms with van der Waals surface area (Å²) in [7, 11) is 0. The van der Waals surface area contributed by atoms with E-state index in [1.165, 1.54) is 10.8 Å². The van der Waals surface area contributed by atoms with Crippen molar-refractivity contribution in [3.05, 3.63) is 40.3 Å². The summed E-state index contributed by atoms with van der Waals surface area (Å²) in [6, 6.07) is 5.29. The third-order valence-corrected chi connectivity index (χ3v) is 3.49. The molecule has 0 radical (unpaired) electrons. The van der Waals surface area contributed by atoms with E-state index in [0.717, 1.165) is 0 Å². The van der Waals surface area contributed by atoms with Crippen LogP contribution in [0.25, 0.3) is 16.9 Å². The molecule has 0 saturated heterocycles. The fraction of sp³-hybridized carbons (Fsp3) is 0.0833. The van der Waals surface area contributed by atoms with Gasteiger partial charge in [0.15, 0.2) is 0 Å². The number of nitrogens with two attached hydrogens (primary N) is 1. The molecule has 2 N–H and O–H groups in total. The fourth-order valence-electron chi connectivity index (χ4n) is 2.02. The highest BCUT2D eigenvalue weighted by molar-refractivity contribution is 6.39. The normalized spacial score (nSPS) is 11.1. The maximum absolute atomic E-state index is 6.22. The summed E-state index contributed by atoms with van der Waals surface area (Å²) >= 11 is 12.4. The van der Waals surface area contributed by atoms with Crippen molar-refractivity contribution in [1.29, 1.82) is 0 Å². The largest absolute Gasteiger partial charge is 0.383 e. The van der Waals surface area contributed by atoms with E-state index in [1.807, 2.05) is 6.92 Å². The lowest BCUT2D eigenvalue weighted by Gasteiger charge is -2.12. The Bertz CT molecular complexity index is 767. The van der Waals surface area contributed by atoms with E-state index in [9.17, 15) is 0 Å². The number of aromatic nitrogens is 4. The quantitative estimate of drug-likeness (QED) is 0.748. The van der Waals surface area contributed by atoms with Crippen molar-refractivity contribution in [1.82, 2.24) is 19.6 Å². The molecule has 0 aliphatic carbocycles. The molecule has 0 saturated carbocycles. The fourth-order valence-corrected chi connectivity index (χ4v) is 2.61. The number of anilines is 1. The van der Waals surface area contributed by atoms with Gasteiger partial charge < -0.3 is 5.73 Å². The minimum absolute atomic E-state index is 0. The topological polar surface area (TPSA) is 69.1 Å². The number of rotatable bonds is 1. The van der Waals surface area contributed by atoms with Gasteiger partial charge in [-0.25, -0.2) is 4.98 Å². The molecule has 0 fully saturated rings. The first-order valence-corrected chi connectivity index (χ1v) is 6.25. The van der Waals surface area contributed by atoms with E-state index in [0.29, 0.717) is 38.5 Å². The van der Waals surface area contributed by atoms with Crippen LogP contribution in [0, 0.1) is 6.92 Å². The Morgan fingerprint density at radius 1 is 1.21 bits per heavy atom. The average molecular weight is 297 g/mol. The summed E-state index contributed by atoms with van der Waals surface area (Å²) < 4.78 is 1.46. The van der Waals surface area contributed by atoms with E-state index in [1.54, 1.807) is 18.2 Å². The smallest absolute Gasteiger partial charge is 0.254 e. The van der Waals surface area contributed by atoms with Crippen LogP contribution in [0.2, 0.25) is 10.0 Å². The monoisotopic (exact) mass is 296 g/mol. The number of fused-ring (bicyclic) bond motifs is 1. The first-order valence-electron chi connectivity index (χ1n) is 5.50. The van der Waals surface area contributed by atoms with E-state index < -0.39 is 0 Å². The molecule has 0 unspecified atom stereocenters. The van der Waals surface area contributed by atoms with Crippen molar-refractivity contribution < 1.29 is 1.43 Å². The Kier molecular flexibility index (Phi) is 2.80. The highest BCUT2D eigenvalue weighted by Gasteiger charge is 2.18. The van der Waals surface area contributed by atoms with Crippen molar-refractivity contribution in [2.45, 2.75) is 6.92 Å². The second-order valence-electron chi connectivity index (χ2n) is 4.03. The third-order valence-electron chi connectivity index (χ3n) is 2.86. The molecule has 0 atom stereocenters. The number of aryl methyl sites for hydroxylation is 1. The molecule has 7 heteroatoms. The number of halogens is 2. The molecule has 3 rings (SSSR count). The van der Waals surface area contributed by atoms with Gasteiger partial charge in [-0.05, 0) is 19.1 Å². The maximum Gasteiger partial charge on any atom is 0.254 e. The van der Waals surface area contributed by atoms with Crippen molar-refractivity contribution >= 4 is 34.8 Å². The summed E-state index contributed by atoms with van der Waals surface area (Å²) in [6.07, 6.45) is 1.40. The Labute approximate surface area is 120 Å². The van der Waals surface area contributed by atoms with Crippen LogP contribution in [-0.4, -0.2) is 19.6 Å². The average Bonchev–Trinajstić information content (AvgIpc) is 2.81. The molecule has 0 spiro atoms. The van der Waals surface area contributed by atoms with Gasteiger partial charge in [0.05, 0.1) is 15.7 Å². The molecule has 0 aliphatic rings. The molecule has 1 aromatic carbocycles. The van der Waals surface area contributed by atoms with Crippen molar-refractivity contribution in [3.8, 4) is 11.1 Å². The molecular weight excluding hydrogens is 285 g/mol. The van der Waals surface area contributed by atoms with Crippen LogP contribution < -0.4 is 5.73 Å². The first-order chi connectivity index (χ1) is 9.09. The molecule has 5 nitrogen and oxygen atoms in total. The second kappa shape index (κ2) is 4.36. The number of nitrogen functional groups attached to an aromatic ring is 1. The van der Waals surface area contributed by atoms with Crippen LogP contribution in [0.1, 0.15) is 7.12 Å². The van der Waals surface area contributed by atoms with E-state index in [4.69, 9.17) is 28.9 Å². The maximum atomic E-state index is 6.22. The predicted molar refractivity (Wildman–Crippen MR) is 77.5 cm³/mol. The minimum atomic E-state index is 0. The number of benzene rings is 1. The molecule has 3 aromatic rings. The minimum Gasteiger partial charge on any atom is -0.383 e. The van der Waals surface area contributed by atoms with Gasteiger partial charge in [-0.1, -0.05) is 29.3 Å². The number of hydrogen-bond acceptors (Lipinski definition) is 4. The number of nitrogens with zero attached hydrogens (tertiary/aromatic N) is 4. The second-order valence-corrected chi connectivity index (χ2v) is 4.84. The zero-order valence-corrected chi connectivity index (χ0v) is 11.4. The van der Waals surface area contributed by atoms with Gasteiger partial charge in [-0.3, -0.25) is 0 Å². The summed E-state index contributed by atoms with van der Waals surface area (Å²) in [5, 5.41) is 5.07. The van der Waals surface area contributed by atoms with Gasteiger partial charge in [-0.2, -0.15) is 14.6 Å². The Balaban J connectivity index is 0.00000147. The predicted octanol–water partition coefficient (Wildman–Crippen LogP) is 3.23. The zero-order valence-electron chi connectivity index (χ0n) is 9.93. The summed E-state index contributed by atoms with van der Waals surface area (Å²) in [4.78, 5) is 8.36. The zero-order chi connectivity index (χ0) is 13.6. The lowest BCUT2D eigenvalue weighted by atomic mass is 10.0. The van der Waals surface area contributed by atoms with Crippen molar-refractivity contribution in [3.63, 3.8) is 0 Å². The Morgan fingerprint density at radius 2 is 1.89 bits per heavy atom. The standard InChI is InChI=1S/C12H9Cl2N5.H2/c1-6-9(10-7(13)3-2-4-8(10)14)11(15)19-12(18-6)16-5-17-19;/h2-5H,15H2,1H3;1H/i;1+1. The highest BCUT2D eigenvalue weighted by atomic mass is 35.5. The molecule has 0 bridgehead atoms. The van der Waals surface area contributed by atoms with E-state index in [-0.39, 0.29) is 1.43 Å². The molecule has 2 aromatic heterocycles. The Hall–Kier alpha value is -1.85. The van der Waals surface area contributed by atoms with Crippen LogP contribution in [-0.2, 0) is 0 Å². The Morgan fingerprint density at radius 3 is 2.58 bits per heavy atom. The molecule has 98 valence electrons. The van der Waals surface area contributed by atoms with Crippen LogP contribution in [0.15, 0.2) is 24.5 Å². The van der Waals surface area contributed by atoms with Gasteiger partial charge in [0, 0.05) is 12.6 Å². The van der Waals surface area contributed by atoms with Gasteiger partial charge in [-0.15, -0.1) is 0 Å². The van der Waals surface area contributed by atoms with Crippen LogP contribution in [0.4, 0.5) is 5.82 Å². The lowest BCUT2D eigenvalue weighted by molar-refractivity contribution is 0.944. The van der Waals surface area contributed by atoms with E-state index in [2.05, 4.69) is 15.1 Å². The molecule has 0 amide bonds. The first kappa shape index (κ1) is 12.2. The molecule has 0 aliphatic heterocycles. The lowest BCUT2D eigenvalue weighted by Crippen LogP contribution is -2.06. The van der Waals surface area contributed by atoms with Gasteiger partial charge in [0.2, 0.25) is 0 Å². The van der Waals surface area contributed by atoms with Crippen molar-refractivity contribution in [2.75, 3.05) is 5.73 Å². The SMILES string of the molecule is Cc1nc2ncnn2c(N)c1-c1c(Cl)cccc1Cl.[2HH]. The van der Waals surface area contributed by atoms with Crippen LogP contribution in [0.3, 0.4) is 0 Å². The summed E-state index contributed by atoms with van der Waals surface area (Å²) in [5.74, 6) is 0.858. The van der Waals surface area contributed by atoms with Gasteiger partial charge >= 0.3 is 0 Å². The highest BCUT2D eigenvalue weighted by Crippen LogP contribution is 2.38. The molecule has 19 heavy (non-hydrogen) atoms.